The molecule has 1 aliphatic rings. The van der Waals surface area contributed by atoms with Crippen LogP contribution in [0.25, 0.3) is 10.8 Å². The van der Waals surface area contributed by atoms with Crippen LogP contribution in [-0.4, -0.2) is 19.8 Å². The summed E-state index contributed by atoms with van der Waals surface area (Å²) in [6.07, 6.45) is 9.13. The van der Waals surface area contributed by atoms with Gasteiger partial charge in [-0.2, -0.15) is 0 Å². The Hall–Kier alpha value is -1.92. The molecule has 0 amide bonds. The van der Waals surface area contributed by atoms with Gasteiger partial charge in [-0.1, -0.05) is 54.3 Å². The van der Waals surface area contributed by atoms with Gasteiger partial charge in [0.15, 0.2) is 0 Å². The van der Waals surface area contributed by atoms with E-state index in [4.69, 9.17) is 0 Å². The summed E-state index contributed by atoms with van der Waals surface area (Å²) in [5.74, 6) is 0.181. The molecule has 0 fully saturated rings. The number of fused-ring (bicyclic) bond motifs is 1. The molecule has 2 aromatic rings. The van der Waals surface area contributed by atoms with E-state index in [2.05, 4.69) is 10.8 Å². The number of allylic oxidation sites excluding steroid dienone is 4. The van der Waals surface area contributed by atoms with Gasteiger partial charge in [0.25, 0.3) is 0 Å². The fourth-order valence-electron chi connectivity index (χ4n) is 2.50. The number of rotatable bonds is 4. The SMILES string of the molecule is CS(=O)(=O)Nc1cc(SC2=CC=CCC2)c(O)c2ccccc12. The predicted molar refractivity (Wildman–Crippen MR) is 96.4 cm³/mol. The lowest BCUT2D eigenvalue weighted by molar-refractivity contribution is 0.469. The molecule has 0 spiro atoms. The van der Waals surface area contributed by atoms with E-state index in [1.165, 1.54) is 11.8 Å². The fraction of sp³-hybridized carbons (Fsp3) is 0.176. The molecule has 0 aromatic heterocycles. The van der Waals surface area contributed by atoms with Crippen molar-refractivity contribution in [1.82, 2.24) is 0 Å². The highest BCUT2D eigenvalue weighted by Crippen LogP contribution is 2.43. The third-order valence-corrected chi connectivity index (χ3v) is 5.22. The molecular weight excluding hydrogens is 330 g/mol. The third-order valence-electron chi connectivity index (χ3n) is 3.49. The zero-order valence-corrected chi connectivity index (χ0v) is 14.2. The lowest BCUT2D eigenvalue weighted by atomic mass is 10.1. The first-order chi connectivity index (χ1) is 10.9. The summed E-state index contributed by atoms with van der Waals surface area (Å²) in [4.78, 5) is 1.79. The minimum absolute atomic E-state index is 0.181. The number of thioether (sulfide) groups is 1. The Kier molecular flexibility index (Phi) is 4.37. The van der Waals surface area contributed by atoms with E-state index in [0.29, 0.717) is 21.4 Å². The molecule has 0 atom stereocenters. The number of benzene rings is 2. The second-order valence-corrected chi connectivity index (χ2v) is 8.31. The first-order valence-corrected chi connectivity index (χ1v) is 9.91. The molecule has 0 saturated heterocycles. The van der Waals surface area contributed by atoms with Crippen molar-refractivity contribution >= 4 is 38.2 Å². The van der Waals surface area contributed by atoms with Crippen LogP contribution in [0.1, 0.15) is 12.8 Å². The van der Waals surface area contributed by atoms with E-state index >= 15 is 0 Å². The average Bonchev–Trinajstić information content (AvgIpc) is 2.52. The number of hydrogen-bond acceptors (Lipinski definition) is 4. The van der Waals surface area contributed by atoms with Gasteiger partial charge in [-0.25, -0.2) is 8.42 Å². The zero-order chi connectivity index (χ0) is 16.4. The number of nitrogens with one attached hydrogen (secondary N) is 1. The lowest BCUT2D eigenvalue weighted by Crippen LogP contribution is -2.10. The van der Waals surface area contributed by atoms with Gasteiger partial charge in [-0.3, -0.25) is 4.72 Å². The van der Waals surface area contributed by atoms with Crippen molar-refractivity contribution in [2.45, 2.75) is 17.7 Å². The van der Waals surface area contributed by atoms with E-state index in [1.807, 2.05) is 24.3 Å². The quantitative estimate of drug-likeness (QED) is 0.812. The van der Waals surface area contributed by atoms with Crippen LogP contribution < -0.4 is 4.72 Å². The summed E-state index contributed by atoms with van der Waals surface area (Å²) in [7, 11) is -3.40. The highest BCUT2D eigenvalue weighted by molar-refractivity contribution is 8.03. The van der Waals surface area contributed by atoms with Crippen LogP contribution in [0.2, 0.25) is 0 Å². The zero-order valence-electron chi connectivity index (χ0n) is 12.6. The highest BCUT2D eigenvalue weighted by atomic mass is 32.2. The van der Waals surface area contributed by atoms with Crippen molar-refractivity contribution < 1.29 is 13.5 Å². The summed E-state index contributed by atoms with van der Waals surface area (Å²) in [5.41, 5.74) is 0.482. The molecular formula is C17H17NO3S2. The van der Waals surface area contributed by atoms with Crippen LogP contribution in [0.15, 0.2) is 58.4 Å². The van der Waals surface area contributed by atoms with Gasteiger partial charge in [-0.15, -0.1) is 0 Å². The highest BCUT2D eigenvalue weighted by Gasteiger charge is 2.15. The molecule has 0 saturated carbocycles. The maximum absolute atomic E-state index is 11.6. The van der Waals surface area contributed by atoms with Gasteiger partial charge in [0.1, 0.15) is 5.75 Å². The van der Waals surface area contributed by atoms with Gasteiger partial charge in [-0.05, 0) is 23.8 Å². The monoisotopic (exact) mass is 347 g/mol. The van der Waals surface area contributed by atoms with Gasteiger partial charge >= 0.3 is 0 Å². The normalized spacial score (nSPS) is 14.7. The van der Waals surface area contributed by atoms with Crippen molar-refractivity contribution in [3.63, 3.8) is 0 Å². The molecule has 23 heavy (non-hydrogen) atoms. The number of hydrogen-bond donors (Lipinski definition) is 2. The van der Waals surface area contributed by atoms with Crippen LogP contribution in [0.4, 0.5) is 5.69 Å². The van der Waals surface area contributed by atoms with Crippen LogP contribution >= 0.6 is 11.8 Å². The van der Waals surface area contributed by atoms with E-state index in [-0.39, 0.29) is 5.75 Å². The van der Waals surface area contributed by atoms with Gasteiger partial charge < -0.3 is 5.11 Å². The Morgan fingerprint density at radius 1 is 1.22 bits per heavy atom. The summed E-state index contributed by atoms with van der Waals surface area (Å²) >= 11 is 1.47. The minimum atomic E-state index is -3.40. The van der Waals surface area contributed by atoms with E-state index in [1.54, 1.807) is 18.2 Å². The van der Waals surface area contributed by atoms with Crippen molar-refractivity contribution in [1.29, 1.82) is 0 Å². The van der Waals surface area contributed by atoms with E-state index < -0.39 is 10.0 Å². The second-order valence-electron chi connectivity index (χ2n) is 5.39. The van der Waals surface area contributed by atoms with Crippen LogP contribution in [0, 0.1) is 0 Å². The second kappa shape index (κ2) is 6.29. The van der Waals surface area contributed by atoms with E-state index in [0.717, 1.165) is 24.0 Å². The molecule has 0 unspecified atom stereocenters. The number of phenolic OH excluding ortho intramolecular Hbond substituents is 1. The van der Waals surface area contributed by atoms with Crippen LogP contribution in [-0.2, 0) is 10.0 Å². The summed E-state index contributed by atoms with van der Waals surface area (Å²) in [6.45, 7) is 0. The first kappa shape index (κ1) is 16.0. The molecule has 1 aliphatic carbocycles. The van der Waals surface area contributed by atoms with Crippen molar-refractivity contribution in [3.8, 4) is 5.75 Å². The summed E-state index contributed by atoms with van der Waals surface area (Å²) in [5, 5.41) is 11.9. The topological polar surface area (TPSA) is 66.4 Å². The van der Waals surface area contributed by atoms with Crippen molar-refractivity contribution in [2.24, 2.45) is 0 Å². The maximum Gasteiger partial charge on any atom is 0.229 e. The number of anilines is 1. The number of aromatic hydroxyl groups is 1. The molecule has 0 bridgehead atoms. The molecule has 0 heterocycles. The van der Waals surface area contributed by atoms with Crippen LogP contribution in [0.5, 0.6) is 5.75 Å². The van der Waals surface area contributed by atoms with Crippen molar-refractivity contribution in [2.75, 3.05) is 11.0 Å². The Labute approximate surface area is 140 Å². The van der Waals surface area contributed by atoms with E-state index in [9.17, 15) is 13.5 Å². The maximum atomic E-state index is 11.6. The fourth-order valence-corrected chi connectivity index (χ4v) is 4.10. The predicted octanol–water partition coefficient (Wildman–Crippen LogP) is 4.24. The first-order valence-electron chi connectivity index (χ1n) is 7.20. The standard InChI is InChI=1S/C17H17NO3S2/c1-23(20,21)18-15-11-16(22-12-7-3-2-4-8-12)17(19)14-10-6-5-9-13(14)15/h2-3,5-7,9-11,18-19H,4,8H2,1H3. The van der Waals surface area contributed by atoms with Crippen molar-refractivity contribution in [3.05, 3.63) is 53.5 Å². The Bertz CT molecular complexity index is 915. The summed E-state index contributed by atoms with van der Waals surface area (Å²) < 4.78 is 25.8. The minimum Gasteiger partial charge on any atom is -0.506 e. The largest absolute Gasteiger partial charge is 0.506 e. The van der Waals surface area contributed by atoms with Crippen LogP contribution in [0.3, 0.4) is 0 Å². The smallest absolute Gasteiger partial charge is 0.229 e. The third kappa shape index (κ3) is 3.71. The molecule has 6 heteroatoms. The average molecular weight is 347 g/mol. The molecule has 0 aliphatic heterocycles. The molecule has 3 rings (SSSR count). The number of phenols is 1. The summed E-state index contributed by atoms with van der Waals surface area (Å²) in [6, 6.07) is 8.92. The Balaban J connectivity index is 2.12. The Morgan fingerprint density at radius 3 is 2.61 bits per heavy atom. The molecule has 0 radical (unpaired) electrons. The van der Waals surface area contributed by atoms with Gasteiger partial charge in [0, 0.05) is 10.8 Å². The molecule has 2 N–H and O–H groups in total. The Morgan fingerprint density at radius 2 is 1.96 bits per heavy atom. The molecule has 2 aromatic carbocycles. The van der Waals surface area contributed by atoms with Gasteiger partial charge in [0.2, 0.25) is 10.0 Å². The number of sulfonamides is 1. The van der Waals surface area contributed by atoms with Gasteiger partial charge in [0.05, 0.1) is 16.8 Å². The lowest BCUT2D eigenvalue weighted by Gasteiger charge is -2.15. The molecule has 4 nitrogen and oxygen atoms in total. The molecule has 120 valence electrons.